The Bertz CT molecular complexity index is 955. The molecule has 0 amide bonds. The number of carbonyl (C=O) groups is 1. The molecular weight excluding hydrogens is 590 g/mol. The molecule has 3 nitrogen and oxygen atoms in total. The number of hydrogen-bond acceptors (Lipinski definition) is 3. The van der Waals surface area contributed by atoms with Gasteiger partial charge < -0.3 is 9.84 Å². The van der Waals surface area contributed by atoms with Crippen LogP contribution >= 0.6 is 15.9 Å². The molecule has 0 bridgehead atoms. The summed E-state index contributed by atoms with van der Waals surface area (Å²) in [5, 5.41) is 9.65. The van der Waals surface area contributed by atoms with Gasteiger partial charge >= 0.3 is 18.3 Å². The molecule has 10 heteroatoms. The maximum atomic E-state index is 13.1. The van der Waals surface area contributed by atoms with E-state index in [0.717, 1.165) is 56.1 Å². The van der Waals surface area contributed by atoms with E-state index in [-0.39, 0.29) is 47.5 Å². The molecule has 0 radical (unpaired) electrons. The van der Waals surface area contributed by atoms with Crippen LogP contribution in [-0.4, -0.2) is 40.5 Å². The number of esters is 1. The van der Waals surface area contributed by atoms with E-state index >= 15 is 0 Å². The van der Waals surface area contributed by atoms with Crippen molar-refractivity contribution in [2.45, 2.75) is 109 Å². The SMILES string of the molecule is C=C1CC[C@H](OC(=O)CBr)C/C1=C/C=C1\CCC[C@@]2(C)C1CC[C@@H]2[C@H](C)CCCC(O)(C(F)(F)F)C(F)(F)F. The minimum absolute atomic E-state index is 0.0635. The zero-order valence-corrected chi connectivity index (χ0v) is 24.2. The highest BCUT2D eigenvalue weighted by Gasteiger charge is 2.69. The van der Waals surface area contributed by atoms with Gasteiger partial charge in [0.1, 0.15) is 11.4 Å². The van der Waals surface area contributed by atoms with Crippen molar-refractivity contribution in [3.63, 3.8) is 0 Å². The summed E-state index contributed by atoms with van der Waals surface area (Å²) in [5.41, 5.74) is -1.33. The van der Waals surface area contributed by atoms with Crippen LogP contribution < -0.4 is 0 Å². The predicted octanol–water partition coefficient (Wildman–Crippen LogP) is 8.76. The van der Waals surface area contributed by atoms with Crippen molar-refractivity contribution in [2.75, 3.05) is 5.33 Å². The quantitative estimate of drug-likeness (QED) is 0.166. The Kier molecular flexibility index (Phi) is 10.2. The first kappa shape index (κ1) is 32.2. The predicted molar refractivity (Wildman–Crippen MR) is 141 cm³/mol. The number of alkyl halides is 7. The van der Waals surface area contributed by atoms with E-state index in [4.69, 9.17) is 4.74 Å². The summed E-state index contributed by atoms with van der Waals surface area (Å²) >= 11 is 3.12. The van der Waals surface area contributed by atoms with Crippen LogP contribution in [0.1, 0.15) is 84.5 Å². The Balaban J connectivity index is 1.68. The lowest BCUT2D eigenvalue weighted by Gasteiger charge is -2.44. The highest BCUT2D eigenvalue weighted by molar-refractivity contribution is 9.09. The van der Waals surface area contributed by atoms with Crippen LogP contribution in [0.15, 0.2) is 35.5 Å². The molecule has 39 heavy (non-hydrogen) atoms. The Hall–Kier alpha value is -1.29. The minimum Gasteiger partial charge on any atom is -0.461 e. The molecular formula is C29H39BrF6O3. The summed E-state index contributed by atoms with van der Waals surface area (Å²) in [7, 11) is 0. The van der Waals surface area contributed by atoms with Crippen LogP contribution in [0, 0.1) is 23.2 Å². The van der Waals surface area contributed by atoms with Crippen LogP contribution in [-0.2, 0) is 9.53 Å². The van der Waals surface area contributed by atoms with Crippen LogP contribution in [0.4, 0.5) is 26.3 Å². The Morgan fingerprint density at radius 3 is 2.44 bits per heavy atom. The standard InChI is InChI=1S/C29H39BrF6O3/c1-18-8-11-22(39-25(37)17-30)16-21(18)10-9-20-7-5-14-26(3)23(12-13-24(20)26)19(2)6-4-15-27(38,28(31,32)33)29(34,35)36/h9-10,19,22-24,38H,1,4-8,11-17H2,2-3H3/b20-9+,21-10-/t19-,22+,23-,24?,26-/m1/s1. The van der Waals surface area contributed by atoms with Crippen LogP contribution in [0.25, 0.3) is 0 Å². The molecule has 0 spiro atoms. The van der Waals surface area contributed by atoms with Crippen molar-refractivity contribution in [1.82, 2.24) is 0 Å². The minimum atomic E-state index is -5.77. The zero-order valence-electron chi connectivity index (χ0n) is 22.6. The lowest BCUT2D eigenvalue weighted by atomic mass is 9.60. The molecule has 3 saturated carbocycles. The van der Waals surface area contributed by atoms with Gasteiger partial charge in [-0.15, -0.1) is 0 Å². The Morgan fingerprint density at radius 1 is 1.15 bits per heavy atom. The van der Waals surface area contributed by atoms with Crippen molar-refractivity contribution in [3.8, 4) is 0 Å². The van der Waals surface area contributed by atoms with Crippen molar-refractivity contribution < 1.29 is 41.0 Å². The van der Waals surface area contributed by atoms with Crippen LogP contribution in [0.2, 0.25) is 0 Å². The fourth-order valence-corrected chi connectivity index (χ4v) is 7.37. The smallest absolute Gasteiger partial charge is 0.426 e. The van der Waals surface area contributed by atoms with E-state index in [2.05, 4.69) is 41.6 Å². The second-order valence-corrected chi connectivity index (χ2v) is 12.4. The summed E-state index contributed by atoms with van der Waals surface area (Å²) in [6.07, 6.45) is -2.20. The number of rotatable bonds is 8. The molecule has 3 aliphatic carbocycles. The summed E-state index contributed by atoms with van der Waals surface area (Å²) in [4.78, 5) is 11.7. The van der Waals surface area contributed by atoms with Crippen LogP contribution in [0.5, 0.6) is 0 Å². The van der Waals surface area contributed by atoms with Crippen molar-refractivity contribution in [3.05, 3.63) is 35.5 Å². The molecule has 1 N–H and O–H groups in total. The number of aliphatic hydroxyl groups is 1. The average molecular weight is 630 g/mol. The van der Waals surface area contributed by atoms with E-state index in [9.17, 15) is 36.2 Å². The summed E-state index contributed by atoms with van der Waals surface area (Å²) < 4.78 is 83.9. The van der Waals surface area contributed by atoms with Gasteiger partial charge in [0, 0.05) is 6.42 Å². The van der Waals surface area contributed by atoms with Crippen LogP contribution in [0.3, 0.4) is 0 Å². The van der Waals surface area contributed by atoms with Gasteiger partial charge in [-0.3, -0.25) is 4.79 Å². The summed E-state index contributed by atoms with van der Waals surface area (Å²) in [6, 6.07) is 0. The average Bonchev–Trinajstić information content (AvgIpc) is 3.20. The highest BCUT2D eigenvalue weighted by atomic mass is 79.9. The van der Waals surface area contributed by atoms with Gasteiger partial charge in [-0.25, -0.2) is 0 Å². The Labute approximate surface area is 235 Å². The molecule has 0 saturated heterocycles. The normalized spacial score (nSPS) is 31.4. The van der Waals surface area contributed by atoms with Gasteiger partial charge in [0.2, 0.25) is 0 Å². The number of ether oxygens (including phenoxy) is 1. The lowest BCUT2D eigenvalue weighted by molar-refractivity contribution is -0.370. The van der Waals surface area contributed by atoms with Crippen molar-refractivity contribution >= 4 is 21.9 Å². The van der Waals surface area contributed by atoms with E-state index in [1.807, 2.05) is 6.92 Å². The summed E-state index contributed by atoms with van der Waals surface area (Å²) in [5.74, 6) is 0.130. The lowest BCUT2D eigenvalue weighted by Crippen LogP contribution is -2.56. The number of fused-ring (bicyclic) bond motifs is 1. The monoisotopic (exact) mass is 628 g/mol. The molecule has 3 fully saturated rings. The molecule has 3 aliphatic rings. The maximum absolute atomic E-state index is 13.1. The maximum Gasteiger partial charge on any atom is 0.426 e. The molecule has 0 aliphatic heterocycles. The van der Waals surface area contributed by atoms with Gasteiger partial charge in [0.15, 0.2) is 0 Å². The third-order valence-electron chi connectivity index (χ3n) is 9.44. The van der Waals surface area contributed by atoms with Gasteiger partial charge in [0.25, 0.3) is 5.60 Å². The first-order valence-corrected chi connectivity index (χ1v) is 14.8. The highest BCUT2D eigenvalue weighted by Crippen LogP contribution is 2.60. The van der Waals surface area contributed by atoms with Gasteiger partial charge in [0.05, 0.1) is 0 Å². The van der Waals surface area contributed by atoms with Gasteiger partial charge in [-0.1, -0.05) is 66.1 Å². The van der Waals surface area contributed by atoms with E-state index < -0.39 is 24.4 Å². The summed E-state index contributed by atoms with van der Waals surface area (Å²) in [6.45, 7) is 8.31. The van der Waals surface area contributed by atoms with Gasteiger partial charge in [-0.05, 0) is 86.5 Å². The second-order valence-electron chi connectivity index (χ2n) is 11.8. The van der Waals surface area contributed by atoms with Crippen molar-refractivity contribution in [2.24, 2.45) is 23.2 Å². The first-order chi connectivity index (χ1) is 18.0. The molecule has 5 atom stereocenters. The third-order valence-corrected chi connectivity index (χ3v) is 9.89. The van der Waals surface area contributed by atoms with E-state index in [0.29, 0.717) is 12.3 Å². The molecule has 3 rings (SSSR count). The number of halogens is 7. The third kappa shape index (κ3) is 6.96. The van der Waals surface area contributed by atoms with Crippen molar-refractivity contribution in [1.29, 1.82) is 0 Å². The molecule has 0 aromatic carbocycles. The number of carbonyl (C=O) groups excluding carboxylic acids is 1. The Morgan fingerprint density at radius 2 is 1.82 bits per heavy atom. The van der Waals surface area contributed by atoms with E-state index in [1.165, 1.54) is 5.57 Å². The molecule has 222 valence electrons. The molecule has 0 aromatic heterocycles. The zero-order chi connectivity index (χ0) is 29.2. The van der Waals surface area contributed by atoms with E-state index in [1.54, 1.807) is 0 Å². The first-order valence-electron chi connectivity index (χ1n) is 13.7. The fraction of sp³-hybridized carbons (Fsp3) is 0.759. The fourth-order valence-electron chi connectivity index (χ4n) is 7.24. The topological polar surface area (TPSA) is 46.5 Å². The second kappa shape index (κ2) is 12.3. The number of allylic oxidation sites excluding steroid dienone is 4. The largest absolute Gasteiger partial charge is 0.461 e. The number of hydrogen-bond donors (Lipinski definition) is 1. The molecule has 1 unspecified atom stereocenters. The molecule has 0 heterocycles. The molecule has 0 aromatic rings. The van der Waals surface area contributed by atoms with Gasteiger partial charge in [-0.2, -0.15) is 26.3 Å².